The summed E-state index contributed by atoms with van der Waals surface area (Å²) >= 11 is 0. The van der Waals surface area contributed by atoms with Gasteiger partial charge in [0.05, 0.1) is 5.92 Å². The number of likely N-dealkylation sites (N-methyl/N-ethyl adjacent to an activating group) is 1. The molecule has 0 aromatic heterocycles. The number of carbonyl (C=O) groups is 1. The van der Waals surface area contributed by atoms with Crippen LogP contribution in [0.3, 0.4) is 0 Å². The summed E-state index contributed by atoms with van der Waals surface area (Å²) in [6.07, 6.45) is 0. The third kappa shape index (κ3) is 3.74. The lowest BCUT2D eigenvalue weighted by Crippen LogP contribution is -2.52. The molecule has 0 saturated carbocycles. The van der Waals surface area contributed by atoms with E-state index in [0.717, 1.165) is 19.6 Å². The number of aryl methyl sites for hydroxylation is 1. The Balaban J connectivity index is 0.00000200. The molecule has 1 N–H and O–H groups in total. The Bertz CT molecular complexity index is 452. The van der Waals surface area contributed by atoms with E-state index in [4.69, 9.17) is 0 Å². The fourth-order valence-corrected chi connectivity index (χ4v) is 2.54. The second kappa shape index (κ2) is 6.59. The van der Waals surface area contributed by atoms with Gasteiger partial charge in [-0.25, -0.2) is 0 Å². The summed E-state index contributed by atoms with van der Waals surface area (Å²) in [6.45, 7) is 8.89. The smallest absolute Gasteiger partial charge is 0.228 e. The molecule has 0 spiro atoms. The first-order chi connectivity index (χ1) is 8.90. The van der Waals surface area contributed by atoms with Crippen molar-refractivity contribution >= 4 is 18.3 Å². The third-order valence-electron chi connectivity index (χ3n) is 3.97. The number of amides is 1. The number of rotatable bonds is 4. The van der Waals surface area contributed by atoms with Gasteiger partial charge in [0.15, 0.2) is 0 Å². The van der Waals surface area contributed by atoms with Crippen LogP contribution in [0, 0.1) is 12.8 Å². The molecule has 1 aromatic carbocycles. The molecule has 0 aliphatic carbocycles. The van der Waals surface area contributed by atoms with Gasteiger partial charge in [0.1, 0.15) is 0 Å². The summed E-state index contributed by atoms with van der Waals surface area (Å²) < 4.78 is 0. The summed E-state index contributed by atoms with van der Waals surface area (Å²) in [5.41, 5.74) is 2.53. The molecular weight excluding hydrogens is 272 g/mol. The Morgan fingerprint density at radius 2 is 1.85 bits per heavy atom. The van der Waals surface area contributed by atoms with Crippen molar-refractivity contribution in [2.45, 2.75) is 26.2 Å². The molecule has 3 nitrogen and oxygen atoms in total. The highest BCUT2D eigenvalue weighted by Gasteiger charge is 2.31. The summed E-state index contributed by atoms with van der Waals surface area (Å²) in [5, 5.41) is 3.15. The number of nitrogens with zero attached hydrogens (tertiary/aromatic N) is 1. The fraction of sp³-hybridized carbons (Fsp3) is 0.562. The monoisotopic (exact) mass is 296 g/mol. The van der Waals surface area contributed by atoms with E-state index in [1.54, 1.807) is 0 Å². The second-order valence-electron chi connectivity index (χ2n) is 6.30. The van der Waals surface area contributed by atoms with Gasteiger partial charge in [-0.1, -0.05) is 43.7 Å². The van der Waals surface area contributed by atoms with Gasteiger partial charge in [-0.2, -0.15) is 0 Å². The maximum atomic E-state index is 12.2. The van der Waals surface area contributed by atoms with Crippen molar-refractivity contribution in [3.05, 3.63) is 35.4 Å². The van der Waals surface area contributed by atoms with E-state index < -0.39 is 0 Å². The molecule has 1 aliphatic heterocycles. The van der Waals surface area contributed by atoms with Gasteiger partial charge in [-0.3, -0.25) is 4.79 Å². The van der Waals surface area contributed by atoms with Gasteiger partial charge in [-0.05, 0) is 12.5 Å². The molecule has 112 valence electrons. The maximum Gasteiger partial charge on any atom is 0.228 e. The first-order valence-corrected chi connectivity index (χ1v) is 6.93. The van der Waals surface area contributed by atoms with Gasteiger partial charge in [-0.15, -0.1) is 12.4 Å². The highest BCUT2D eigenvalue weighted by atomic mass is 35.5. The first-order valence-electron chi connectivity index (χ1n) is 6.93. The fourth-order valence-electron chi connectivity index (χ4n) is 2.54. The molecule has 1 saturated heterocycles. The standard InChI is InChI=1S/C16H24N2O.ClH/c1-12-5-7-14(8-6-12)16(2,3)11-18(4)15(19)13-9-17-10-13;/h5-8,13,17H,9-11H2,1-4H3;1H. The summed E-state index contributed by atoms with van der Waals surface area (Å²) in [4.78, 5) is 14.1. The summed E-state index contributed by atoms with van der Waals surface area (Å²) in [7, 11) is 1.91. The average molecular weight is 297 g/mol. The molecule has 0 unspecified atom stereocenters. The van der Waals surface area contributed by atoms with Crippen molar-refractivity contribution in [2.75, 3.05) is 26.7 Å². The molecule has 1 heterocycles. The predicted molar refractivity (Wildman–Crippen MR) is 85.4 cm³/mol. The van der Waals surface area contributed by atoms with Gasteiger partial charge in [0, 0.05) is 32.1 Å². The topological polar surface area (TPSA) is 32.3 Å². The van der Waals surface area contributed by atoms with E-state index in [-0.39, 0.29) is 29.6 Å². The van der Waals surface area contributed by atoms with E-state index in [9.17, 15) is 4.79 Å². The molecule has 0 atom stereocenters. The van der Waals surface area contributed by atoms with Crippen LogP contribution >= 0.6 is 12.4 Å². The Morgan fingerprint density at radius 1 is 1.30 bits per heavy atom. The molecule has 1 fully saturated rings. The van der Waals surface area contributed by atoms with Crippen LogP contribution in [-0.4, -0.2) is 37.5 Å². The molecule has 4 heteroatoms. The SMILES string of the molecule is Cc1ccc(C(C)(C)CN(C)C(=O)C2CNC2)cc1.Cl. The van der Waals surface area contributed by atoms with Crippen LogP contribution in [0.15, 0.2) is 24.3 Å². The van der Waals surface area contributed by atoms with Crippen molar-refractivity contribution in [1.29, 1.82) is 0 Å². The molecule has 0 bridgehead atoms. The Labute approximate surface area is 128 Å². The van der Waals surface area contributed by atoms with E-state index in [0.29, 0.717) is 0 Å². The van der Waals surface area contributed by atoms with Crippen molar-refractivity contribution < 1.29 is 4.79 Å². The molecule has 0 radical (unpaired) electrons. The lowest BCUT2D eigenvalue weighted by Gasteiger charge is -2.35. The van der Waals surface area contributed by atoms with Crippen LogP contribution in [0.25, 0.3) is 0 Å². The van der Waals surface area contributed by atoms with Crippen molar-refractivity contribution in [2.24, 2.45) is 5.92 Å². The zero-order chi connectivity index (χ0) is 14.0. The number of benzene rings is 1. The van der Waals surface area contributed by atoms with Crippen LogP contribution in [0.1, 0.15) is 25.0 Å². The van der Waals surface area contributed by atoms with Crippen LogP contribution < -0.4 is 5.32 Å². The molecule has 1 aromatic rings. The van der Waals surface area contributed by atoms with E-state index in [1.807, 2.05) is 11.9 Å². The number of carbonyl (C=O) groups excluding carboxylic acids is 1. The van der Waals surface area contributed by atoms with Crippen molar-refractivity contribution in [3.63, 3.8) is 0 Å². The highest BCUT2D eigenvalue weighted by molar-refractivity contribution is 5.85. The number of nitrogens with one attached hydrogen (secondary N) is 1. The largest absolute Gasteiger partial charge is 0.345 e. The van der Waals surface area contributed by atoms with Crippen molar-refractivity contribution in [1.82, 2.24) is 10.2 Å². The Kier molecular flexibility index (Phi) is 5.60. The second-order valence-corrected chi connectivity index (χ2v) is 6.30. The molecule has 1 aliphatic rings. The highest BCUT2D eigenvalue weighted by Crippen LogP contribution is 2.25. The Morgan fingerprint density at radius 3 is 2.30 bits per heavy atom. The number of hydrogen-bond donors (Lipinski definition) is 1. The minimum atomic E-state index is -0.0186. The zero-order valence-corrected chi connectivity index (χ0v) is 13.6. The van der Waals surface area contributed by atoms with Crippen LogP contribution in [-0.2, 0) is 10.2 Å². The van der Waals surface area contributed by atoms with Crippen molar-refractivity contribution in [3.8, 4) is 0 Å². The Hall–Kier alpha value is -1.06. The number of halogens is 1. The molecule has 20 heavy (non-hydrogen) atoms. The number of hydrogen-bond acceptors (Lipinski definition) is 2. The lowest BCUT2D eigenvalue weighted by atomic mass is 9.83. The lowest BCUT2D eigenvalue weighted by molar-refractivity contribution is -0.136. The molecular formula is C16H25ClN2O. The third-order valence-corrected chi connectivity index (χ3v) is 3.97. The molecule has 2 rings (SSSR count). The summed E-state index contributed by atoms with van der Waals surface area (Å²) in [5.74, 6) is 0.442. The van der Waals surface area contributed by atoms with Gasteiger partial charge in [0.25, 0.3) is 0 Å². The van der Waals surface area contributed by atoms with Gasteiger partial charge >= 0.3 is 0 Å². The van der Waals surface area contributed by atoms with E-state index >= 15 is 0 Å². The van der Waals surface area contributed by atoms with Crippen LogP contribution in [0.2, 0.25) is 0 Å². The average Bonchev–Trinajstić information content (AvgIpc) is 2.26. The normalized spacial score (nSPS) is 15.2. The van der Waals surface area contributed by atoms with Gasteiger partial charge in [0.2, 0.25) is 5.91 Å². The summed E-state index contributed by atoms with van der Waals surface area (Å²) in [6, 6.07) is 8.60. The molecule has 1 amide bonds. The quantitative estimate of drug-likeness (QED) is 0.925. The van der Waals surface area contributed by atoms with Crippen LogP contribution in [0.5, 0.6) is 0 Å². The first kappa shape index (κ1) is 17.0. The predicted octanol–water partition coefficient (Wildman–Crippen LogP) is 2.37. The minimum absolute atomic E-state index is 0. The maximum absolute atomic E-state index is 12.2. The van der Waals surface area contributed by atoms with E-state index in [1.165, 1.54) is 11.1 Å². The van der Waals surface area contributed by atoms with Crippen LogP contribution in [0.4, 0.5) is 0 Å². The zero-order valence-electron chi connectivity index (χ0n) is 12.8. The minimum Gasteiger partial charge on any atom is -0.345 e. The van der Waals surface area contributed by atoms with Gasteiger partial charge < -0.3 is 10.2 Å². The van der Waals surface area contributed by atoms with E-state index in [2.05, 4.69) is 50.4 Å².